The third-order valence-corrected chi connectivity index (χ3v) is 11.0. The lowest BCUT2D eigenvalue weighted by molar-refractivity contribution is 0.378. The largest absolute Gasteiger partial charge is 0.530 e. The molecule has 0 amide bonds. The molecule has 0 spiro atoms. The summed E-state index contributed by atoms with van der Waals surface area (Å²) in [5, 5.41) is 9.45. The number of rotatable bonds is 22. The van der Waals surface area contributed by atoms with Crippen LogP contribution < -0.4 is 13.6 Å². The molecule has 0 aromatic heterocycles. The number of phenolic OH excluding ortho intramolecular Hbond substituents is 1. The summed E-state index contributed by atoms with van der Waals surface area (Å²) in [5.41, 5.74) is 4.56. The summed E-state index contributed by atoms with van der Waals surface area (Å²) in [6.45, 7) is 17.5. The fourth-order valence-electron chi connectivity index (χ4n) is 6.71. The van der Waals surface area contributed by atoms with E-state index in [1.165, 1.54) is 101 Å². The minimum atomic E-state index is -1.74. The first-order chi connectivity index (χ1) is 26.4. The van der Waals surface area contributed by atoms with E-state index in [0.29, 0.717) is 5.75 Å². The Labute approximate surface area is 337 Å². The zero-order valence-electron chi connectivity index (χ0n) is 35.7. The number of para-hydroxylation sites is 4. The second kappa shape index (κ2) is 24.9. The summed E-state index contributed by atoms with van der Waals surface area (Å²) in [5.74, 6) is 2.94. The Kier molecular flexibility index (Phi) is 20.8. The fraction of sp³-hybridized carbons (Fsp3) is 0.520. The molecule has 0 aliphatic heterocycles. The molecular weight excluding hydrogens is 696 g/mol. The van der Waals surface area contributed by atoms with Gasteiger partial charge in [0.05, 0.1) is 0 Å². The van der Waals surface area contributed by atoms with E-state index in [1.54, 1.807) is 6.07 Å². The Hall–Kier alpha value is -3.49. The molecule has 0 aliphatic carbocycles. The maximum Gasteiger partial charge on any atom is 0.530 e. The summed E-state index contributed by atoms with van der Waals surface area (Å²) >= 11 is 0. The second-order valence-corrected chi connectivity index (χ2v) is 18.0. The van der Waals surface area contributed by atoms with Crippen molar-refractivity contribution < 1.29 is 18.7 Å². The van der Waals surface area contributed by atoms with Crippen LogP contribution in [0.25, 0.3) is 0 Å². The quantitative estimate of drug-likeness (QED) is 0.0639. The van der Waals surface area contributed by atoms with Gasteiger partial charge in [0, 0.05) is 5.56 Å². The molecule has 0 saturated carbocycles. The van der Waals surface area contributed by atoms with Crippen molar-refractivity contribution in [1.29, 1.82) is 0 Å². The number of hydrogen-bond donors (Lipinski definition) is 1. The highest BCUT2D eigenvalue weighted by Gasteiger charge is 2.26. The van der Waals surface area contributed by atoms with Crippen LogP contribution in [-0.2, 0) is 23.7 Å². The molecule has 4 rings (SSSR count). The van der Waals surface area contributed by atoms with Crippen LogP contribution in [0.2, 0.25) is 0 Å². The van der Waals surface area contributed by atoms with Crippen molar-refractivity contribution in [3.63, 3.8) is 0 Å². The minimum absolute atomic E-state index is 0.0331. The van der Waals surface area contributed by atoms with Crippen molar-refractivity contribution in [2.24, 2.45) is 0 Å². The van der Waals surface area contributed by atoms with Crippen LogP contribution in [0.4, 0.5) is 0 Å². The van der Waals surface area contributed by atoms with Gasteiger partial charge in [0.15, 0.2) is 0 Å². The van der Waals surface area contributed by atoms with Crippen molar-refractivity contribution in [1.82, 2.24) is 0 Å². The van der Waals surface area contributed by atoms with Gasteiger partial charge in [-0.2, -0.15) is 0 Å². The minimum Gasteiger partial charge on any atom is -0.508 e. The standard InChI is InChI=1S/C40H59O3P.C10H14O/c1-6-8-10-12-14-16-18-26-34-28-20-23-31-37(34)41-44(43-39-33-25-22-30-36(39)40(3,4)5)42-38-32-24-21-29-35(38)27-19-17-15-13-11-9-7-2;1-10(2,3)8-6-4-5-7-9(8)11/h20-25,28-33H,6-19,26-27H2,1-5H3;4-7,11H,1-3H3. The van der Waals surface area contributed by atoms with Crippen molar-refractivity contribution in [3.05, 3.63) is 119 Å². The Morgan fingerprint density at radius 2 is 0.764 bits per heavy atom. The van der Waals surface area contributed by atoms with E-state index in [1.807, 2.05) is 30.3 Å². The van der Waals surface area contributed by atoms with E-state index in [2.05, 4.69) is 116 Å². The van der Waals surface area contributed by atoms with E-state index in [4.69, 9.17) is 13.6 Å². The molecule has 302 valence electrons. The van der Waals surface area contributed by atoms with Crippen LogP contribution >= 0.6 is 8.60 Å². The van der Waals surface area contributed by atoms with E-state index >= 15 is 0 Å². The van der Waals surface area contributed by atoms with Crippen LogP contribution in [-0.4, -0.2) is 5.11 Å². The molecule has 4 aromatic carbocycles. The fourth-order valence-corrected chi connectivity index (χ4v) is 7.82. The number of aromatic hydroxyl groups is 1. The normalized spacial score (nSPS) is 11.6. The SMILES string of the molecule is CC(C)(C)c1ccccc1O.CCCCCCCCCc1ccccc1OP(Oc1ccccc1CCCCCCCCC)Oc1ccccc1C(C)(C)C. The van der Waals surface area contributed by atoms with Gasteiger partial charge >= 0.3 is 8.60 Å². The predicted octanol–water partition coefficient (Wildman–Crippen LogP) is 16.0. The maximum atomic E-state index is 9.45. The highest BCUT2D eigenvalue weighted by Crippen LogP contribution is 2.46. The molecule has 0 aliphatic rings. The van der Waals surface area contributed by atoms with Gasteiger partial charge in [-0.1, -0.05) is 205 Å². The number of benzene rings is 4. The maximum absolute atomic E-state index is 9.45. The lowest BCUT2D eigenvalue weighted by atomic mass is 9.86. The lowest BCUT2D eigenvalue weighted by Gasteiger charge is -2.25. The van der Waals surface area contributed by atoms with Crippen LogP contribution in [0.1, 0.15) is 168 Å². The zero-order chi connectivity index (χ0) is 39.9. The topological polar surface area (TPSA) is 47.9 Å². The number of aryl methyl sites for hydroxylation is 2. The van der Waals surface area contributed by atoms with Crippen molar-refractivity contribution >= 4 is 8.60 Å². The predicted molar refractivity (Wildman–Crippen MR) is 237 cm³/mol. The molecule has 0 heterocycles. The average molecular weight is 769 g/mol. The third-order valence-electron chi connectivity index (χ3n) is 9.97. The molecule has 5 heteroatoms. The molecule has 1 N–H and O–H groups in total. The molecule has 0 atom stereocenters. The second-order valence-electron chi connectivity index (χ2n) is 17.0. The summed E-state index contributed by atoms with van der Waals surface area (Å²) in [6, 6.07) is 32.6. The summed E-state index contributed by atoms with van der Waals surface area (Å²) in [7, 11) is -1.74. The smallest absolute Gasteiger partial charge is 0.508 e. The molecule has 0 saturated heterocycles. The van der Waals surface area contributed by atoms with E-state index in [0.717, 1.165) is 41.2 Å². The highest BCUT2D eigenvalue weighted by atomic mass is 31.2. The molecule has 4 nitrogen and oxygen atoms in total. The number of phenols is 1. The van der Waals surface area contributed by atoms with Crippen molar-refractivity contribution in [2.75, 3.05) is 0 Å². The van der Waals surface area contributed by atoms with Gasteiger partial charge in [0.25, 0.3) is 0 Å². The Bertz CT molecular complexity index is 1560. The van der Waals surface area contributed by atoms with E-state index in [9.17, 15) is 5.11 Å². The van der Waals surface area contributed by atoms with Gasteiger partial charge in [0.2, 0.25) is 0 Å². The molecule has 0 fully saturated rings. The van der Waals surface area contributed by atoms with E-state index in [-0.39, 0.29) is 10.8 Å². The molecule has 0 unspecified atom stereocenters. The molecular formula is C50H73O4P. The summed E-state index contributed by atoms with van der Waals surface area (Å²) in [6.07, 6.45) is 20.1. The van der Waals surface area contributed by atoms with Crippen LogP contribution in [0, 0.1) is 0 Å². The van der Waals surface area contributed by atoms with Crippen LogP contribution in [0.15, 0.2) is 97.1 Å². The first-order valence-electron chi connectivity index (χ1n) is 21.3. The van der Waals surface area contributed by atoms with Crippen molar-refractivity contribution in [2.45, 2.75) is 169 Å². The number of unbranched alkanes of at least 4 members (excludes halogenated alkanes) is 12. The van der Waals surface area contributed by atoms with Gasteiger partial charge in [-0.15, -0.1) is 0 Å². The van der Waals surface area contributed by atoms with Crippen LogP contribution in [0.3, 0.4) is 0 Å². The monoisotopic (exact) mass is 769 g/mol. The summed E-state index contributed by atoms with van der Waals surface area (Å²) < 4.78 is 20.0. The van der Waals surface area contributed by atoms with Crippen molar-refractivity contribution in [3.8, 4) is 23.0 Å². The lowest BCUT2D eigenvalue weighted by Crippen LogP contribution is -2.14. The van der Waals surface area contributed by atoms with Gasteiger partial charge in [-0.3, -0.25) is 0 Å². The summed E-state index contributed by atoms with van der Waals surface area (Å²) in [4.78, 5) is 0. The van der Waals surface area contributed by atoms with E-state index < -0.39 is 8.60 Å². The van der Waals surface area contributed by atoms with Gasteiger partial charge in [0.1, 0.15) is 23.0 Å². The molecule has 4 aromatic rings. The molecule has 55 heavy (non-hydrogen) atoms. The van der Waals surface area contributed by atoms with Crippen LogP contribution in [0.5, 0.6) is 23.0 Å². The first-order valence-corrected chi connectivity index (χ1v) is 22.4. The number of hydrogen-bond acceptors (Lipinski definition) is 4. The van der Waals surface area contributed by atoms with Gasteiger partial charge in [-0.25, -0.2) is 0 Å². The van der Waals surface area contributed by atoms with Gasteiger partial charge < -0.3 is 18.7 Å². The Morgan fingerprint density at radius 3 is 1.18 bits per heavy atom. The average Bonchev–Trinajstić information content (AvgIpc) is 3.15. The Balaban J connectivity index is 0.000000632. The first kappa shape index (κ1) is 45.9. The zero-order valence-corrected chi connectivity index (χ0v) is 36.6. The highest BCUT2D eigenvalue weighted by molar-refractivity contribution is 7.43. The Morgan fingerprint density at radius 1 is 0.418 bits per heavy atom. The van der Waals surface area contributed by atoms with Gasteiger partial charge in [-0.05, 0) is 77.5 Å². The molecule has 0 radical (unpaired) electrons. The molecule has 0 bridgehead atoms. The third kappa shape index (κ3) is 17.5.